The molecule has 0 aliphatic rings. The van der Waals surface area contributed by atoms with Crippen LogP contribution in [0.4, 0.5) is 0 Å². The summed E-state index contributed by atoms with van der Waals surface area (Å²) in [4.78, 5) is 2.59. The quantitative estimate of drug-likeness (QED) is 0.461. The van der Waals surface area contributed by atoms with Gasteiger partial charge in [-0.05, 0) is 23.2 Å². The number of hydrogen-bond donors (Lipinski definition) is 1. The molecule has 1 aromatic carbocycles. The molecule has 15 heavy (non-hydrogen) atoms. The topological polar surface area (TPSA) is 92.8 Å². The summed E-state index contributed by atoms with van der Waals surface area (Å²) in [5.41, 5.74) is 9.01. The van der Waals surface area contributed by atoms with Crippen LogP contribution in [0.25, 0.3) is 16.5 Å². The van der Waals surface area contributed by atoms with Crippen molar-refractivity contribution in [3.63, 3.8) is 0 Å². The van der Waals surface area contributed by atoms with Crippen LogP contribution in [-0.4, -0.2) is 11.7 Å². The lowest BCUT2D eigenvalue weighted by atomic mass is 10.1. The fraction of sp³-hybridized carbons (Fsp3) is 0.100. The second-order valence-corrected chi connectivity index (χ2v) is 2.70. The minimum Gasteiger partial charge on any atom is -0.507 e. The highest BCUT2D eigenvalue weighted by molar-refractivity contribution is 5.55. The molecule has 0 saturated heterocycles. The maximum absolute atomic E-state index is 9.36. The van der Waals surface area contributed by atoms with Crippen LogP contribution in [0.1, 0.15) is 11.1 Å². The van der Waals surface area contributed by atoms with E-state index in [0.717, 1.165) is 5.56 Å². The molecule has 1 rings (SSSR count). The number of rotatable bonds is 3. The SMILES string of the molecule is N#Cc1ccc(C=CCN=[N+]=[N-])cc1O. The Morgan fingerprint density at radius 3 is 3.00 bits per heavy atom. The van der Waals surface area contributed by atoms with E-state index in [9.17, 15) is 5.11 Å². The number of hydrogen-bond acceptors (Lipinski definition) is 3. The number of phenolic OH excluding ortho intramolecular Hbond substituents is 1. The molecule has 0 aromatic heterocycles. The highest BCUT2D eigenvalue weighted by atomic mass is 16.3. The van der Waals surface area contributed by atoms with Gasteiger partial charge in [-0.3, -0.25) is 0 Å². The molecule has 0 spiro atoms. The van der Waals surface area contributed by atoms with E-state index in [1.807, 2.05) is 6.07 Å². The van der Waals surface area contributed by atoms with E-state index in [1.165, 1.54) is 12.1 Å². The second kappa shape index (κ2) is 5.32. The minimum absolute atomic E-state index is 0.0524. The van der Waals surface area contributed by atoms with Gasteiger partial charge in [0, 0.05) is 11.5 Å². The van der Waals surface area contributed by atoms with Crippen LogP contribution in [0.3, 0.4) is 0 Å². The van der Waals surface area contributed by atoms with Gasteiger partial charge in [0.2, 0.25) is 0 Å². The smallest absolute Gasteiger partial charge is 0.133 e. The van der Waals surface area contributed by atoms with Gasteiger partial charge in [0.15, 0.2) is 0 Å². The molecular weight excluding hydrogens is 192 g/mol. The van der Waals surface area contributed by atoms with Crippen molar-refractivity contribution in [3.05, 3.63) is 45.8 Å². The van der Waals surface area contributed by atoms with Gasteiger partial charge >= 0.3 is 0 Å². The first kappa shape index (κ1) is 10.6. The van der Waals surface area contributed by atoms with E-state index in [2.05, 4.69) is 10.0 Å². The zero-order valence-electron chi connectivity index (χ0n) is 7.83. The van der Waals surface area contributed by atoms with Crippen molar-refractivity contribution < 1.29 is 5.11 Å². The average Bonchev–Trinajstić information content (AvgIpc) is 2.25. The van der Waals surface area contributed by atoms with Crippen molar-refractivity contribution in [2.75, 3.05) is 6.54 Å². The Morgan fingerprint density at radius 2 is 2.40 bits per heavy atom. The van der Waals surface area contributed by atoms with E-state index in [4.69, 9.17) is 10.8 Å². The molecule has 0 bridgehead atoms. The normalized spacial score (nSPS) is 9.53. The summed E-state index contributed by atoms with van der Waals surface area (Å²) in [6.45, 7) is 0.261. The van der Waals surface area contributed by atoms with Gasteiger partial charge in [-0.1, -0.05) is 23.3 Å². The van der Waals surface area contributed by atoms with Crippen LogP contribution >= 0.6 is 0 Å². The Balaban J connectivity index is 2.80. The lowest BCUT2D eigenvalue weighted by molar-refractivity contribution is 0.473. The molecule has 0 heterocycles. The van der Waals surface area contributed by atoms with E-state index in [0.29, 0.717) is 0 Å². The van der Waals surface area contributed by atoms with Crippen LogP contribution in [0.2, 0.25) is 0 Å². The number of phenols is 1. The van der Waals surface area contributed by atoms with Crippen molar-refractivity contribution >= 4 is 6.08 Å². The van der Waals surface area contributed by atoms with E-state index in [1.54, 1.807) is 18.2 Å². The Morgan fingerprint density at radius 1 is 1.60 bits per heavy atom. The molecule has 0 amide bonds. The molecule has 1 aromatic rings. The second-order valence-electron chi connectivity index (χ2n) is 2.70. The van der Waals surface area contributed by atoms with Crippen molar-refractivity contribution in [1.29, 1.82) is 5.26 Å². The molecule has 0 atom stereocenters. The molecule has 0 radical (unpaired) electrons. The van der Waals surface area contributed by atoms with Crippen molar-refractivity contribution in [2.24, 2.45) is 5.11 Å². The number of nitrogens with zero attached hydrogens (tertiary/aromatic N) is 4. The average molecular weight is 200 g/mol. The summed E-state index contributed by atoms with van der Waals surface area (Å²) in [6.07, 6.45) is 3.37. The zero-order chi connectivity index (χ0) is 11.1. The standard InChI is InChI=1S/C10H8N4O/c11-7-9-4-3-8(6-10(9)15)2-1-5-13-14-12/h1-4,6,15H,5H2. The molecule has 5 nitrogen and oxygen atoms in total. The summed E-state index contributed by atoms with van der Waals surface area (Å²) in [6, 6.07) is 6.57. The Bertz CT molecular complexity index is 467. The first-order valence-electron chi connectivity index (χ1n) is 4.18. The Kier molecular flexibility index (Phi) is 3.78. The lowest BCUT2D eigenvalue weighted by Crippen LogP contribution is -1.78. The van der Waals surface area contributed by atoms with Gasteiger partial charge in [0.05, 0.1) is 5.56 Å². The van der Waals surface area contributed by atoms with Crippen LogP contribution in [0.15, 0.2) is 29.4 Å². The first-order valence-corrected chi connectivity index (χ1v) is 4.18. The molecule has 0 saturated carbocycles. The highest BCUT2D eigenvalue weighted by Gasteiger charge is 1.98. The van der Waals surface area contributed by atoms with Gasteiger partial charge in [-0.25, -0.2) is 0 Å². The van der Waals surface area contributed by atoms with E-state index in [-0.39, 0.29) is 17.9 Å². The minimum atomic E-state index is -0.0524. The molecule has 0 aliphatic carbocycles. The predicted octanol–water partition coefficient (Wildman–Crippen LogP) is 2.59. The summed E-state index contributed by atoms with van der Waals surface area (Å²) >= 11 is 0. The van der Waals surface area contributed by atoms with Gasteiger partial charge in [-0.15, -0.1) is 0 Å². The number of nitriles is 1. The molecule has 0 fully saturated rings. The largest absolute Gasteiger partial charge is 0.507 e. The summed E-state index contributed by atoms with van der Waals surface area (Å²) in [7, 11) is 0. The lowest BCUT2D eigenvalue weighted by Gasteiger charge is -1.97. The summed E-state index contributed by atoms with van der Waals surface area (Å²) < 4.78 is 0. The monoisotopic (exact) mass is 200 g/mol. The third-order valence-corrected chi connectivity index (χ3v) is 1.70. The Labute approximate surface area is 86.5 Å². The number of aromatic hydroxyl groups is 1. The third-order valence-electron chi connectivity index (χ3n) is 1.70. The highest BCUT2D eigenvalue weighted by Crippen LogP contribution is 2.18. The van der Waals surface area contributed by atoms with Gasteiger partial charge in [0.1, 0.15) is 11.8 Å². The van der Waals surface area contributed by atoms with Crippen molar-refractivity contribution in [3.8, 4) is 11.8 Å². The van der Waals surface area contributed by atoms with Gasteiger partial charge in [0.25, 0.3) is 0 Å². The van der Waals surface area contributed by atoms with Gasteiger partial charge in [-0.2, -0.15) is 5.26 Å². The van der Waals surface area contributed by atoms with Crippen molar-refractivity contribution in [2.45, 2.75) is 0 Å². The molecular formula is C10H8N4O. The van der Waals surface area contributed by atoms with Crippen LogP contribution in [0.5, 0.6) is 5.75 Å². The number of azide groups is 1. The summed E-state index contributed by atoms with van der Waals surface area (Å²) in [5, 5.41) is 21.2. The van der Waals surface area contributed by atoms with Crippen LogP contribution in [-0.2, 0) is 0 Å². The fourth-order valence-electron chi connectivity index (χ4n) is 1.02. The van der Waals surface area contributed by atoms with E-state index < -0.39 is 0 Å². The molecule has 74 valence electrons. The van der Waals surface area contributed by atoms with Crippen molar-refractivity contribution in [1.82, 2.24) is 0 Å². The van der Waals surface area contributed by atoms with Gasteiger partial charge < -0.3 is 5.11 Å². The number of benzene rings is 1. The molecule has 5 heteroatoms. The predicted molar refractivity (Wildman–Crippen MR) is 55.9 cm³/mol. The maximum Gasteiger partial charge on any atom is 0.133 e. The first-order chi connectivity index (χ1) is 7.27. The summed E-state index contributed by atoms with van der Waals surface area (Å²) in [5.74, 6) is -0.0524. The zero-order valence-corrected chi connectivity index (χ0v) is 7.83. The van der Waals surface area contributed by atoms with E-state index >= 15 is 0 Å². The van der Waals surface area contributed by atoms with Crippen LogP contribution < -0.4 is 0 Å². The van der Waals surface area contributed by atoms with Crippen LogP contribution in [0, 0.1) is 11.3 Å². The molecule has 0 unspecified atom stereocenters. The third kappa shape index (κ3) is 3.07. The fourth-order valence-corrected chi connectivity index (χ4v) is 1.02. The molecule has 0 aliphatic heterocycles. The molecule has 1 N–H and O–H groups in total. The maximum atomic E-state index is 9.36. The Hall–Kier alpha value is -2.44.